The first-order chi connectivity index (χ1) is 7.07. The highest BCUT2D eigenvalue weighted by Gasteiger charge is 2.12. The minimum Gasteiger partial charge on any atom is -0.313 e. The van der Waals surface area contributed by atoms with Crippen LogP contribution in [0.15, 0.2) is 23.1 Å². The van der Waals surface area contributed by atoms with Crippen LogP contribution in [0.25, 0.3) is 0 Å². The van der Waals surface area contributed by atoms with E-state index in [1.165, 1.54) is 17.4 Å². The van der Waals surface area contributed by atoms with Crippen molar-refractivity contribution in [1.82, 2.24) is 5.32 Å². The predicted octanol–water partition coefficient (Wildman–Crippen LogP) is 1.55. The molecule has 0 aliphatic carbocycles. The second-order valence-corrected chi connectivity index (χ2v) is 6.00. The van der Waals surface area contributed by atoms with Crippen molar-refractivity contribution in [3.63, 3.8) is 0 Å². The van der Waals surface area contributed by atoms with Gasteiger partial charge < -0.3 is 5.32 Å². The highest BCUT2D eigenvalue weighted by molar-refractivity contribution is 7.90. The fourth-order valence-corrected chi connectivity index (χ4v) is 2.54. The third-order valence-corrected chi connectivity index (χ3v) is 3.83. The van der Waals surface area contributed by atoms with Crippen LogP contribution in [0, 0.1) is 0 Å². The normalized spacial score (nSPS) is 15.8. The Balaban J connectivity index is 0.00000128. The minimum absolute atomic E-state index is 0. The number of benzene rings is 1. The monoisotopic (exact) mass is 261 g/mol. The predicted molar refractivity (Wildman–Crippen MR) is 66.8 cm³/mol. The van der Waals surface area contributed by atoms with Gasteiger partial charge in [0.1, 0.15) is 0 Å². The van der Waals surface area contributed by atoms with Crippen molar-refractivity contribution in [3.8, 4) is 0 Å². The van der Waals surface area contributed by atoms with Crippen LogP contribution in [0.3, 0.4) is 0 Å². The zero-order valence-electron chi connectivity index (χ0n) is 9.19. The molecule has 2 rings (SSSR count). The maximum Gasteiger partial charge on any atom is 0.175 e. The van der Waals surface area contributed by atoms with Gasteiger partial charge in [-0.25, -0.2) is 8.42 Å². The molecule has 16 heavy (non-hydrogen) atoms. The first-order valence-corrected chi connectivity index (χ1v) is 6.99. The van der Waals surface area contributed by atoms with E-state index in [2.05, 4.69) is 5.32 Å². The molecule has 0 atom stereocenters. The Hall–Kier alpha value is -0.580. The molecule has 1 aromatic rings. The lowest BCUT2D eigenvalue weighted by Gasteiger charge is -2.07. The van der Waals surface area contributed by atoms with Gasteiger partial charge >= 0.3 is 0 Å². The molecule has 90 valence electrons. The Bertz CT molecular complexity index is 471. The standard InChI is InChI=1S/C11H15NO2S.ClH/c1-15(13,14)11-5-4-10-8-12-6-2-3-9(10)7-11;/h4-5,7,12H,2-3,6,8H2,1H3;1H. The molecule has 0 spiro atoms. The molecule has 3 nitrogen and oxygen atoms in total. The molecule has 1 aliphatic heterocycles. The van der Waals surface area contributed by atoms with Gasteiger partial charge in [0.25, 0.3) is 0 Å². The summed E-state index contributed by atoms with van der Waals surface area (Å²) >= 11 is 0. The number of hydrogen-bond donors (Lipinski definition) is 1. The second-order valence-electron chi connectivity index (χ2n) is 3.98. The molecular formula is C11H16ClNO2S. The fourth-order valence-electron chi connectivity index (χ4n) is 1.87. The lowest BCUT2D eigenvalue weighted by molar-refractivity contribution is 0.601. The number of hydrogen-bond acceptors (Lipinski definition) is 3. The van der Waals surface area contributed by atoms with Crippen molar-refractivity contribution in [1.29, 1.82) is 0 Å². The molecule has 1 aliphatic rings. The van der Waals surface area contributed by atoms with Gasteiger partial charge in [-0.15, -0.1) is 12.4 Å². The smallest absolute Gasteiger partial charge is 0.175 e. The van der Waals surface area contributed by atoms with Crippen molar-refractivity contribution < 1.29 is 8.42 Å². The Kier molecular flexibility index (Phi) is 4.35. The molecule has 0 radical (unpaired) electrons. The quantitative estimate of drug-likeness (QED) is 0.834. The zero-order chi connectivity index (χ0) is 10.9. The largest absolute Gasteiger partial charge is 0.313 e. The molecule has 0 saturated heterocycles. The van der Waals surface area contributed by atoms with Crippen molar-refractivity contribution in [3.05, 3.63) is 29.3 Å². The maximum absolute atomic E-state index is 11.4. The Morgan fingerprint density at radius 1 is 1.25 bits per heavy atom. The van der Waals surface area contributed by atoms with Crippen LogP contribution in [-0.4, -0.2) is 21.2 Å². The van der Waals surface area contributed by atoms with Crippen LogP contribution in [0.1, 0.15) is 17.5 Å². The Morgan fingerprint density at radius 2 is 2.00 bits per heavy atom. The molecule has 0 saturated carbocycles. The maximum atomic E-state index is 11.4. The summed E-state index contributed by atoms with van der Waals surface area (Å²) in [5, 5.41) is 3.31. The summed E-state index contributed by atoms with van der Waals surface area (Å²) < 4.78 is 22.8. The van der Waals surface area contributed by atoms with Crippen LogP contribution >= 0.6 is 12.4 Å². The summed E-state index contributed by atoms with van der Waals surface area (Å²) in [7, 11) is -3.07. The molecule has 5 heteroatoms. The summed E-state index contributed by atoms with van der Waals surface area (Å²) in [6.07, 6.45) is 3.29. The number of nitrogens with one attached hydrogen (secondary N) is 1. The van der Waals surface area contributed by atoms with E-state index in [1.54, 1.807) is 6.07 Å². The van der Waals surface area contributed by atoms with E-state index in [-0.39, 0.29) is 12.4 Å². The SMILES string of the molecule is CS(=O)(=O)c1ccc2c(c1)CCCNC2.Cl. The van der Waals surface area contributed by atoms with Crippen LogP contribution in [-0.2, 0) is 22.8 Å². The molecule has 0 bridgehead atoms. The molecule has 1 aromatic carbocycles. The van der Waals surface area contributed by atoms with Crippen molar-refractivity contribution in [2.75, 3.05) is 12.8 Å². The fraction of sp³-hybridized carbons (Fsp3) is 0.455. The average molecular weight is 262 g/mol. The molecule has 1 heterocycles. The zero-order valence-corrected chi connectivity index (χ0v) is 10.8. The first-order valence-electron chi connectivity index (χ1n) is 5.10. The van der Waals surface area contributed by atoms with Gasteiger partial charge in [0.2, 0.25) is 0 Å². The van der Waals surface area contributed by atoms with E-state index in [0.29, 0.717) is 4.90 Å². The number of fused-ring (bicyclic) bond motifs is 1. The van der Waals surface area contributed by atoms with Crippen LogP contribution in [0.2, 0.25) is 0 Å². The molecule has 0 aromatic heterocycles. The highest BCUT2D eigenvalue weighted by atomic mass is 35.5. The third-order valence-electron chi connectivity index (χ3n) is 2.72. The second kappa shape index (κ2) is 5.17. The topological polar surface area (TPSA) is 46.2 Å². The number of halogens is 1. The van der Waals surface area contributed by atoms with Gasteiger partial charge in [0.15, 0.2) is 9.84 Å². The summed E-state index contributed by atoms with van der Waals surface area (Å²) in [5.41, 5.74) is 2.39. The third kappa shape index (κ3) is 2.97. The van der Waals surface area contributed by atoms with Crippen molar-refractivity contribution in [2.45, 2.75) is 24.3 Å². The molecule has 0 amide bonds. The average Bonchev–Trinajstić information content (AvgIpc) is 2.39. The van der Waals surface area contributed by atoms with Crippen molar-refractivity contribution in [2.24, 2.45) is 0 Å². The molecule has 0 fully saturated rings. The number of rotatable bonds is 1. The van der Waals surface area contributed by atoms with Gasteiger partial charge in [-0.2, -0.15) is 0 Å². The Labute approximate surface area is 103 Å². The minimum atomic E-state index is -3.07. The van der Waals surface area contributed by atoms with E-state index in [0.717, 1.165) is 25.9 Å². The van der Waals surface area contributed by atoms with E-state index >= 15 is 0 Å². The van der Waals surface area contributed by atoms with Crippen molar-refractivity contribution >= 4 is 22.2 Å². The highest BCUT2D eigenvalue weighted by Crippen LogP contribution is 2.19. The van der Waals surface area contributed by atoms with Gasteiger partial charge in [-0.05, 0) is 42.6 Å². The number of aryl methyl sites for hydroxylation is 1. The van der Waals surface area contributed by atoms with Crippen LogP contribution < -0.4 is 5.32 Å². The first kappa shape index (κ1) is 13.5. The van der Waals surface area contributed by atoms with E-state index in [4.69, 9.17) is 0 Å². The van der Waals surface area contributed by atoms with E-state index in [9.17, 15) is 8.42 Å². The van der Waals surface area contributed by atoms with Gasteiger partial charge in [-0.1, -0.05) is 6.07 Å². The Morgan fingerprint density at radius 3 is 2.69 bits per heavy atom. The van der Waals surface area contributed by atoms with Crippen LogP contribution in [0.4, 0.5) is 0 Å². The lowest BCUT2D eigenvalue weighted by atomic mass is 10.0. The van der Waals surface area contributed by atoms with E-state index in [1.807, 2.05) is 12.1 Å². The summed E-state index contributed by atoms with van der Waals surface area (Å²) in [5.74, 6) is 0. The van der Waals surface area contributed by atoms with Gasteiger partial charge in [0.05, 0.1) is 4.90 Å². The van der Waals surface area contributed by atoms with Crippen LogP contribution in [0.5, 0.6) is 0 Å². The summed E-state index contributed by atoms with van der Waals surface area (Å²) in [6.45, 7) is 1.85. The molecule has 1 N–H and O–H groups in total. The van der Waals surface area contributed by atoms with Gasteiger partial charge in [0, 0.05) is 12.8 Å². The lowest BCUT2D eigenvalue weighted by Crippen LogP contribution is -2.12. The van der Waals surface area contributed by atoms with Gasteiger partial charge in [-0.3, -0.25) is 0 Å². The molecule has 0 unspecified atom stereocenters. The van der Waals surface area contributed by atoms with E-state index < -0.39 is 9.84 Å². The molecular weight excluding hydrogens is 246 g/mol. The summed E-state index contributed by atoms with van der Waals surface area (Å²) in [4.78, 5) is 0.433. The summed E-state index contributed by atoms with van der Waals surface area (Å²) in [6, 6.07) is 5.43. The number of sulfone groups is 1.